The van der Waals surface area contributed by atoms with Gasteiger partial charge in [-0.05, 0) is 6.07 Å². The molecule has 16 heavy (non-hydrogen) atoms. The van der Waals surface area contributed by atoms with Crippen LogP contribution in [-0.4, -0.2) is 34.5 Å². The molecule has 0 saturated carbocycles. The molecular weight excluding hydrogens is 238 g/mol. The van der Waals surface area contributed by atoms with Crippen molar-refractivity contribution in [2.75, 3.05) is 13.2 Å². The summed E-state index contributed by atoms with van der Waals surface area (Å²) in [6, 6.07) is 3.74. The van der Waals surface area contributed by atoms with Crippen molar-refractivity contribution in [1.29, 1.82) is 0 Å². The van der Waals surface area contributed by atoms with Gasteiger partial charge < -0.3 is 14.9 Å². The predicted molar refractivity (Wildman–Crippen MR) is 56.7 cm³/mol. The lowest BCUT2D eigenvalue weighted by atomic mass is 10.3. The third-order valence-corrected chi connectivity index (χ3v) is 2.08. The molecule has 0 heterocycles. The van der Waals surface area contributed by atoms with E-state index in [0.29, 0.717) is 0 Å². The van der Waals surface area contributed by atoms with Crippen molar-refractivity contribution in [2.24, 2.45) is 0 Å². The van der Waals surface area contributed by atoms with Crippen LogP contribution in [0.15, 0.2) is 18.2 Å². The molecule has 0 saturated heterocycles. The van der Waals surface area contributed by atoms with Gasteiger partial charge in [0, 0.05) is 6.07 Å². The van der Waals surface area contributed by atoms with Gasteiger partial charge in [-0.25, -0.2) is 0 Å². The van der Waals surface area contributed by atoms with E-state index in [-0.39, 0.29) is 23.1 Å². The highest BCUT2D eigenvalue weighted by atomic mass is 35.5. The Morgan fingerprint density at radius 3 is 2.81 bits per heavy atom. The number of nitro benzene ring substituents is 1. The highest BCUT2D eigenvalue weighted by molar-refractivity contribution is 6.32. The summed E-state index contributed by atoms with van der Waals surface area (Å²) in [6.45, 7) is -0.635. The van der Waals surface area contributed by atoms with E-state index in [2.05, 4.69) is 0 Å². The molecule has 0 aliphatic heterocycles. The fourth-order valence-electron chi connectivity index (χ4n) is 0.955. The van der Waals surface area contributed by atoms with Gasteiger partial charge in [0.25, 0.3) is 5.69 Å². The number of aliphatic hydroxyl groups excluding tert-OH is 2. The van der Waals surface area contributed by atoms with E-state index in [1.807, 2.05) is 0 Å². The molecule has 1 aromatic carbocycles. The summed E-state index contributed by atoms with van der Waals surface area (Å²) in [5, 5.41) is 28.3. The molecule has 0 aliphatic carbocycles. The Bertz CT molecular complexity index is 384. The van der Waals surface area contributed by atoms with Gasteiger partial charge >= 0.3 is 0 Å². The molecule has 88 valence electrons. The van der Waals surface area contributed by atoms with Gasteiger partial charge in [0.15, 0.2) is 0 Å². The number of benzene rings is 1. The molecule has 0 radical (unpaired) electrons. The minimum Gasteiger partial charge on any atom is -0.489 e. The first-order valence-corrected chi connectivity index (χ1v) is 4.78. The average molecular weight is 248 g/mol. The highest BCUT2D eigenvalue weighted by Crippen LogP contribution is 2.28. The molecule has 7 heteroatoms. The maximum atomic E-state index is 10.5. The zero-order valence-corrected chi connectivity index (χ0v) is 8.92. The number of hydrogen-bond donors (Lipinski definition) is 2. The van der Waals surface area contributed by atoms with E-state index in [1.54, 1.807) is 0 Å². The molecule has 0 spiro atoms. The van der Waals surface area contributed by atoms with Gasteiger partial charge in [-0.2, -0.15) is 0 Å². The van der Waals surface area contributed by atoms with Crippen LogP contribution < -0.4 is 4.74 Å². The van der Waals surface area contributed by atoms with Crippen LogP contribution in [0.3, 0.4) is 0 Å². The lowest BCUT2D eigenvalue weighted by Crippen LogP contribution is -2.21. The number of non-ortho nitro benzene ring substituents is 1. The molecule has 0 fully saturated rings. The van der Waals surface area contributed by atoms with Crippen LogP contribution >= 0.6 is 11.6 Å². The fourth-order valence-corrected chi connectivity index (χ4v) is 1.13. The van der Waals surface area contributed by atoms with Crippen LogP contribution in [-0.2, 0) is 0 Å². The van der Waals surface area contributed by atoms with Crippen LogP contribution in [0.4, 0.5) is 5.69 Å². The maximum absolute atomic E-state index is 10.5. The molecule has 0 aromatic heterocycles. The Morgan fingerprint density at radius 1 is 1.56 bits per heavy atom. The topological polar surface area (TPSA) is 92.8 Å². The van der Waals surface area contributed by atoms with E-state index in [4.69, 9.17) is 26.6 Å². The van der Waals surface area contributed by atoms with E-state index in [9.17, 15) is 10.1 Å². The molecular formula is C9H10ClNO5. The number of ether oxygens (including phenoxy) is 1. The van der Waals surface area contributed by atoms with Crippen molar-refractivity contribution in [3.8, 4) is 5.75 Å². The summed E-state index contributed by atoms with van der Waals surface area (Å²) in [5.74, 6) is 0.100. The molecule has 1 aromatic rings. The Balaban J connectivity index is 2.78. The molecule has 0 aliphatic rings. The molecule has 6 nitrogen and oxygen atoms in total. The number of hydrogen-bond acceptors (Lipinski definition) is 5. The quantitative estimate of drug-likeness (QED) is 0.598. The second-order valence-electron chi connectivity index (χ2n) is 3.02. The highest BCUT2D eigenvalue weighted by Gasteiger charge is 2.12. The zero-order chi connectivity index (χ0) is 12.1. The number of halogens is 1. The Kier molecular flexibility index (Phi) is 4.48. The smallest absolute Gasteiger partial charge is 0.273 e. The first-order valence-electron chi connectivity index (χ1n) is 4.40. The maximum Gasteiger partial charge on any atom is 0.273 e. The second kappa shape index (κ2) is 5.64. The van der Waals surface area contributed by atoms with E-state index < -0.39 is 17.6 Å². The fraction of sp³-hybridized carbons (Fsp3) is 0.333. The summed E-state index contributed by atoms with van der Waals surface area (Å²) >= 11 is 5.74. The lowest BCUT2D eigenvalue weighted by molar-refractivity contribution is -0.384. The number of aliphatic hydroxyl groups is 2. The van der Waals surface area contributed by atoms with Crippen LogP contribution in [0.1, 0.15) is 0 Å². The Labute approximate surface area is 96.2 Å². The molecule has 1 rings (SSSR count). The molecule has 0 bridgehead atoms. The van der Waals surface area contributed by atoms with Gasteiger partial charge in [0.05, 0.1) is 22.6 Å². The minimum atomic E-state index is -1.05. The van der Waals surface area contributed by atoms with Crippen molar-refractivity contribution in [3.05, 3.63) is 33.3 Å². The van der Waals surface area contributed by atoms with Crippen molar-refractivity contribution in [3.63, 3.8) is 0 Å². The van der Waals surface area contributed by atoms with Gasteiger partial charge in [-0.15, -0.1) is 0 Å². The van der Waals surface area contributed by atoms with Gasteiger partial charge in [-0.1, -0.05) is 11.6 Å². The Morgan fingerprint density at radius 2 is 2.25 bits per heavy atom. The van der Waals surface area contributed by atoms with Crippen molar-refractivity contribution >= 4 is 17.3 Å². The summed E-state index contributed by atoms with van der Waals surface area (Å²) in [6.07, 6.45) is -1.05. The largest absolute Gasteiger partial charge is 0.489 e. The molecule has 1 atom stereocenters. The van der Waals surface area contributed by atoms with E-state index in [0.717, 1.165) is 6.07 Å². The number of nitro groups is 1. The van der Waals surface area contributed by atoms with E-state index >= 15 is 0 Å². The SMILES string of the molecule is O=[N+]([O-])c1ccc(Cl)c(OCC(O)CO)c1. The van der Waals surface area contributed by atoms with E-state index in [1.165, 1.54) is 12.1 Å². The molecule has 2 N–H and O–H groups in total. The number of rotatable bonds is 5. The first-order chi connectivity index (χ1) is 7.54. The molecule has 1 unspecified atom stereocenters. The minimum absolute atomic E-state index is 0.100. The van der Waals surface area contributed by atoms with Crippen molar-refractivity contribution in [1.82, 2.24) is 0 Å². The lowest BCUT2D eigenvalue weighted by Gasteiger charge is -2.10. The summed E-state index contributed by atoms with van der Waals surface area (Å²) in [7, 11) is 0. The number of nitrogens with zero attached hydrogens (tertiary/aromatic N) is 1. The second-order valence-corrected chi connectivity index (χ2v) is 3.43. The van der Waals surface area contributed by atoms with Gasteiger partial charge in [-0.3, -0.25) is 10.1 Å². The van der Waals surface area contributed by atoms with Crippen LogP contribution in [0.25, 0.3) is 0 Å². The summed E-state index contributed by atoms with van der Waals surface area (Å²) < 4.78 is 5.03. The average Bonchev–Trinajstić information content (AvgIpc) is 2.27. The van der Waals surface area contributed by atoms with Crippen LogP contribution in [0, 0.1) is 10.1 Å². The summed E-state index contributed by atoms with van der Waals surface area (Å²) in [5.41, 5.74) is -0.155. The van der Waals surface area contributed by atoms with Crippen LogP contribution in [0.5, 0.6) is 5.75 Å². The normalized spacial score (nSPS) is 12.2. The standard InChI is InChI=1S/C9H10ClNO5/c10-8-2-1-6(11(14)15)3-9(8)16-5-7(13)4-12/h1-3,7,12-13H,4-5H2. The third-order valence-electron chi connectivity index (χ3n) is 1.77. The first kappa shape index (κ1) is 12.7. The third kappa shape index (κ3) is 3.34. The molecule has 0 amide bonds. The Hall–Kier alpha value is -1.37. The van der Waals surface area contributed by atoms with Crippen LogP contribution in [0.2, 0.25) is 5.02 Å². The summed E-state index contributed by atoms with van der Waals surface area (Å²) in [4.78, 5) is 9.90. The zero-order valence-electron chi connectivity index (χ0n) is 8.17. The van der Waals surface area contributed by atoms with Crippen molar-refractivity contribution < 1.29 is 19.9 Å². The predicted octanol–water partition coefficient (Wildman–Crippen LogP) is 0.980. The monoisotopic (exact) mass is 247 g/mol. The van der Waals surface area contributed by atoms with Gasteiger partial charge in [0.2, 0.25) is 0 Å². The van der Waals surface area contributed by atoms with Gasteiger partial charge in [0.1, 0.15) is 18.5 Å². The van der Waals surface area contributed by atoms with Crippen molar-refractivity contribution in [2.45, 2.75) is 6.10 Å².